The molecule has 0 aliphatic heterocycles. The zero-order chi connectivity index (χ0) is 23.3. The Morgan fingerprint density at radius 3 is 2.19 bits per heavy atom. The molecule has 0 amide bonds. The summed E-state index contributed by atoms with van der Waals surface area (Å²) in [6.07, 6.45) is 12.2. The Hall–Kier alpha value is -0.340. The minimum Gasteiger partial charge on any atom is -0.396 e. The van der Waals surface area contributed by atoms with Crippen molar-refractivity contribution in [3.8, 4) is 0 Å². The summed E-state index contributed by atoms with van der Waals surface area (Å²) in [6, 6.07) is 0. The van der Waals surface area contributed by atoms with Gasteiger partial charge in [0.15, 0.2) is 0 Å². The fraction of sp³-hybridized carbons (Fsp3) is 0.933. The fourth-order valence-electron chi connectivity index (χ4n) is 11.5. The molecule has 32 heavy (non-hydrogen) atoms. The van der Waals surface area contributed by atoms with Gasteiger partial charge in [-0.1, -0.05) is 46.8 Å². The molecule has 2 heteroatoms. The number of hydrogen-bond acceptors (Lipinski definition) is 2. The van der Waals surface area contributed by atoms with E-state index in [1.54, 1.807) is 0 Å². The molecule has 5 saturated carbocycles. The van der Waals surface area contributed by atoms with Crippen molar-refractivity contribution in [3.63, 3.8) is 0 Å². The molecule has 0 aromatic rings. The van der Waals surface area contributed by atoms with Gasteiger partial charge in [-0.15, -0.1) is 0 Å². The summed E-state index contributed by atoms with van der Waals surface area (Å²) in [5.41, 5.74) is 2.60. The zero-order valence-electron chi connectivity index (χ0n) is 21.8. The van der Waals surface area contributed by atoms with Gasteiger partial charge in [-0.25, -0.2) is 0 Å². The van der Waals surface area contributed by atoms with Crippen LogP contribution in [-0.4, -0.2) is 22.9 Å². The van der Waals surface area contributed by atoms with E-state index in [1.165, 1.54) is 63.4 Å². The molecule has 0 aromatic heterocycles. The maximum Gasteiger partial charge on any atom is 0.0594 e. The van der Waals surface area contributed by atoms with Crippen LogP contribution in [0.25, 0.3) is 0 Å². The van der Waals surface area contributed by atoms with Crippen LogP contribution in [0.1, 0.15) is 106 Å². The molecule has 10 atom stereocenters. The molecule has 0 aromatic carbocycles. The summed E-state index contributed by atoms with van der Waals surface area (Å²) in [4.78, 5) is 0. The van der Waals surface area contributed by atoms with Crippen LogP contribution in [0, 0.1) is 56.7 Å². The van der Waals surface area contributed by atoms with Gasteiger partial charge in [0, 0.05) is 6.61 Å². The second-order valence-electron chi connectivity index (χ2n) is 14.6. The molecule has 5 fully saturated rings. The van der Waals surface area contributed by atoms with Crippen molar-refractivity contribution in [2.24, 2.45) is 56.7 Å². The van der Waals surface area contributed by atoms with Crippen molar-refractivity contribution in [1.82, 2.24) is 0 Å². The number of hydrogen-bond donors (Lipinski definition) is 2. The van der Waals surface area contributed by atoms with E-state index in [-0.39, 0.29) is 16.9 Å². The van der Waals surface area contributed by atoms with Crippen molar-refractivity contribution in [2.75, 3.05) is 6.61 Å². The van der Waals surface area contributed by atoms with Crippen molar-refractivity contribution < 1.29 is 10.2 Å². The Bertz CT molecular complexity index is 786. The molecule has 2 nitrogen and oxygen atoms in total. The highest BCUT2D eigenvalue weighted by molar-refractivity contribution is 5.21. The molecule has 2 N–H and O–H groups in total. The van der Waals surface area contributed by atoms with E-state index in [4.69, 9.17) is 0 Å². The van der Waals surface area contributed by atoms with E-state index < -0.39 is 0 Å². The lowest BCUT2D eigenvalue weighted by molar-refractivity contribution is -0.249. The first-order valence-corrected chi connectivity index (χ1v) is 13.8. The third kappa shape index (κ3) is 2.66. The zero-order valence-corrected chi connectivity index (χ0v) is 21.8. The van der Waals surface area contributed by atoms with E-state index in [9.17, 15) is 10.2 Å². The maximum atomic E-state index is 10.9. The molecule has 5 rings (SSSR count). The summed E-state index contributed by atoms with van der Waals surface area (Å²) in [5.74, 6) is 3.33. The standard InChI is InChI=1S/C30H50O2/c1-19(2)20-10-15-30(18-31)17-16-28(6)21(25(20)30)8-9-23-27(5)13-12-24(32)26(3,4)22(27)11-14-29(23,28)7/h20-25,31-32H,1,8-18H2,2-7H3/t20-,21?,22?,23?,24+,25?,27-,28+,29+,30+/m0/s1. The number of allylic oxidation sites excluding steroid dienone is 1. The molecule has 0 radical (unpaired) electrons. The van der Waals surface area contributed by atoms with Gasteiger partial charge in [-0.2, -0.15) is 0 Å². The molecular formula is C30H50O2. The monoisotopic (exact) mass is 442 g/mol. The van der Waals surface area contributed by atoms with Gasteiger partial charge in [0.25, 0.3) is 0 Å². The summed E-state index contributed by atoms with van der Waals surface area (Å²) in [7, 11) is 0. The second kappa shape index (κ2) is 7.09. The molecular weight excluding hydrogens is 392 g/mol. The average Bonchev–Trinajstić information content (AvgIpc) is 3.12. The molecule has 0 saturated heterocycles. The Morgan fingerprint density at radius 1 is 0.812 bits per heavy atom. The van der Waals surface area contributed by atoms with Crippen LogP contribution in [0.15, 0.2) is 12.2 Å². The van der Waals surface area contributed by atoms with Crippen LogP contribution >= 0.6 is 0 Å². The quantitative estimate of drug-likeness (QED) is 0.452. The summed E-state index contributed by atoms with van der Waals surface area (Å²) >= 11 is 0. The smallest absolute Gasteiger partial charge is 0.0594 e. The molecule has 0 bridgehead atoms. The van der Waals surface area contributed by atoms with Gasteiger partial charge in [0.05, 0.1) is 6.10 Å². The molecule has 5 aliphatic rings. The third-order valence-corrected chi connectivity index (χ3v) is 13.5. The largest absolute Gasteiger partial charge is 0.396 e. The number of aliphatic hydroxyl groups excluding tert-OH is 2. The van der Waals surface area contributed by atoms with Gasteiger partial charge in [-0.05, 0) is 128 Å². The van der Waals surface area contributed by atoms with Crippen LogP contribution in [-0.2, 0) is 0 Å². The third-order valence-electron chi connectivity index (χ3n) is 13.5. The first-order chi connectivity index (χ1) is 14.9. The predicted octanol–water partition coefficient (Wildman–Crippen LogP) is 7.00. The van der Waals surface area contributed by atoms with Crippen molar-refractivity contribution >= 4 is 0 Å². The highest BCUT2D eigenvalue weighted by Gasteiger charge is 2.70. The Balaban J connectivity index is 1.55. The molecule has 5 aliphatic carbocycles. The number of aliphatic hydroxyl groups is 2. The first kappa shape index (κ1) is 23.4. The fourth-order valence-corrected chi connectivity index (χ4v) is 11.5. The van der Waals surface area contributed by atoms with Crippen LogP contribution in [0.5, 0.6) is 0 Å². The highest BCUT2D eigenvalue weighted by Crippen LogP contribution is 2.77. The van der Waals surface area contributed by atoms with Crippen molar-refractivity contribution in [1.29, 1.82) is 0 Å². The minimum atomic E-state index is -0.147. The number of fused-ring (bicyclic) bond motifs is 7. The van der Waals surface area contributed by atoms with Gasteiger partial charge in [0.1, 0.15) is 0 Å². The maximum absolute atomic E-state index is 10.9. The van der Waals surface area contributed by atoms with Gasteiger partial charge < -0.3 is 10.2 Å². The van der Waals surface area contributed by atoms with E-state index in [1.807, 2.05) is 0 Å². The van der Waals surface area contributed by atoms with E-state index in [2.05, 4.69) is 48.1 Å². The summed E-state index contributed by atoms with van der Waals surface area (Å²) in [5, 5.41) is 21.5. The predicted molar refractivity (Wildman–Crippen MR) is 132 cm³/mol. The van der Waals surface area contributed by atoms with Crippen LogP contribution in [0.2, 0.25) is 0 Å². The lowest BCUT2D eigenvalue weighted by Gasteiger charge is -2.73. The van der Waals surface area contributed by atoms with Crippen molar-refractivity contribution in [3.05, 3.63) is 12.2 Å². The molecule has 4 unspecified atom stereocenters. The normalized spacial score (nSPS) is 56.5. The minimum absolute atomic E-state index is 0.0290. The van der Waals surface area contributed by atoms with E-state index in [0.29, 0.717) is 40.6 Å². The lowest BCUT2D eigenvalue weighted by atomic mass is 9.32. The average molecular weight is 443 g/mol. The van der Waals surface area contributed by atoms with Gasteiger partial charge in [0.2, 0.25) is 0 Å². The first-order valence-electron chi connectivity index (χ1n) is 13.8. The van der Waals surface area contributed by atoms with Crippen LogP contribution in [0.3, 0.4) is 0 Å². The molecule has 0 heterocycles. The van der Waals surface area contributed by atoms with E-state index >= 15 is 0 Å². The molecule has 182 valence electrons. The summed E-state index contributed by atoms with van der Waals surface area (Å²) in [6.45, 7) is 19.7. The second-order valence-corrected chi connectivity index (χ2v) is 14.6. The van der Waals surface area contributed by atoms with E-state index in [0.717, 1.165) is 18.3 Å². The van der Waals surface area contributed by atoms with Crippen LogP contribution in [0.4, 0.5) is 0 Å². The Kier molecular flexibility index (Phi) is 5.19. The Labute approximate surface area is 197 Å². The SMILES string of the molecule is C=C(C)[C@@H]1CC[C@]2(CO)CC[C@]3(C)C(CCC4[C@@]5(C)CC[C@@H](O)C(C)(C)C5CC[C@]43C)C12. The topological polar surface area (TPSA) is 40.5 Å². The van der Waals surface area contributed by atoms with Gasteiger partial charge >= 0.3 is 0 Å². The highest BCUT2D eigenvalue weighted by atomic mass is 16.3. The molecule has 0 spiro atoms. The van der Waals surface area contributed by atoms with Gasteiger partial charge in [-0.3, -0.25) is 0 Å². The number of rotatable bonds is 2. The lowest BCUT2D eigenvalue weighted by Crippen LogP contribution is -2.66. The summed E-state index contributed by atoms with van der Waals surface area (Å²) < 4.78 is 0. The Morgan fingerprint density at radius 2 is 1.53 bits per heavy atom. The van der Waals surface area contributed by atoms with Crippen molar-refractivity contribution in [2.45, 2.75) is 112 Å². The van der Waals surface area contributed by atoms with Crippen LogP contribution < -0.4 is 0 Å².